The molecule has 2 heterocycles. The second-order valence-electron chi connectivity index (χ2n) is 5.21. The molecule has 0 spiro atoms. The van der Waals surface area contributed by atoms with E-state index in [9.17, 15) is 22.8 Å². The molecule has 1 aromatic heterocycles. The van der Waals surface area contributed by atoms with Gasteiger partial charge in [0.1, 0.15) is 5.52 Å². The summed E-state index contributed by atoms with van der Waals surface area (Å²) in [7, 11) is 0. The summed E-state index contributed by atoms with van der Waals surface area (Å²) in [6.07, 6.45) is -3.88. The molecule has 124 valence electrons. The van der Waals surface area contributed by atoms with Gasteiger partial charge < -0.3 is 14.5 Å². The topological polar surface area (TPSA) is 73.5 Å². The van der Waals surface area contributed by atoms with Crippen molar-refractivity contribution in [3.63, 3.8) is 0 Å². The summed E-state index contributed by atoms with van der Waals surface area (Å²) >= 11 is 0. The van der Waals surface area contributed by atoms with Crippen LogP contribution in [-0.4, -0.2) is 29.8 Å². The van der Waals surface area contributed by atoms with E-state index in [0.717, 1.165) is 0 Å². The van der Waals surface area contributed by atoms with Crippen molar-refractivity contribution in [2.45, 2.75) is 25.1 Å². The van der Waals surface area contributed by atoms with Gasteiger partial charge in [-0.25, -0.2) is 9.59 Å². The van der Waals surface area contributed by atoms with E-state index in [2.05, 4.69) is 10.1 Å². The van der Waals surface area contributed by atoms with Gasteiger partial charge in [0.15, 0.2) is 11.3 Å². The number of carbonyl (C=O) groups is 1. The Bertz CT molecular complexity index is 787. The third-order valence-electron chi connectivity index (χ3n) is 3.70. The molecule has 0 radical (unpaired) electrons. The highest BCUT2D eigenvalue weighted by atomic mass is 19.4. The van der Waals surface area contributed by atoms with Gasteiger partial charge >= 0.3 is 17.9 Å². The predicted molar refractivity (Wildman–Crippen MR) is 73.3 cm³/mol. The van der Waals surface area contributed by atoms with Crippen molar-refractivity contribution >= 4 is 17.1 Å². The molecule has 9 heteroatoms. The van der Waals surface area contributed by atoms with E-state index in [0.29, 0.717) is 25.9 Å². The number of esters is 1. The van der Waals surface area contributed by atoms with Gasteiger partial charge in [0.2, 0.25) is 0 Å². The molecule has 0 atom stereocenters. The van der Waals surface area contributed by atoms with Gasteiger partial charge in [-0.2, -0.15) is 13.2 Å². The molecule has 1 aliphatic rings. The van der Waals surface area contributed by atoms with E-state index in [1.165, 1.54) is 22.8 Å². The van der Waals surface area contributed by atoms with Crippen LogP contribution in [0.2, 0.25) is 0 Å². The summed E-state index contributed by atoms with van der Waals surface area (Å²) in [4.78, 5) is 23.2. The maximum Gasteiger partial charge on any atom is 0.491 e. The fourth-order valence-electron chi connectivity index (χ4n) is 2.69. The first kappa shape index (κ1) is 15.6. The van der Waals surface area contributed by atoms with E-state index in [-0.39, 0.29) is 22.9 Å². The predicted octanol–water partition coefficient (Wildman–Crippen LogP) is 1.99. The maximum absolute atomic E-state index is 12.4. The summed E-state index contributed by atoms with van der Waals surface area (Å²) in [5.74, 6) is -3.35. The first-order chi connectivity index (χ1) is 10.9. The number of benzene rings is 1. The SMILES string of the molecule is O=C(Oc1cccc2oc(=O)n(C3CCNCC3)c12)C(F)(F)F. The average molecular weight is 330 g/mol. The van der Waals surface area contributed by atoms with Crippen LogP contribution >= 0.6 is 0 Å². The standard InChI is InChI=1S/C14H13F3N2O4/c15-14(16,17)12(20)22-9-2-1-3-10-11(9)19(13(21)23-10)8-4-6-18-7-5-8/h1-3,8,18H,4-7H2. The Hall–Kier alpha value is -2.29. The van der Waals surface area contributed by atoms with Crippen LogP contribution in [0.3, 0.4) is 0 Å². The number of aromatic nitrogens is 1. The third kappa shape index (κ3) is 2.96. The summed E-state index contributed by atoms with van der Waals surface area (Å²) in [6.45, 7) is 1.35. The first-order valence-electron chi connectivity index (χ1n) is 7.01. The quantitative estimate of drug-likeness (QED) is 0.673. The molecule has 2 aromatic rings. The van der Waals surface area contributed by atoms with E-state index in [4.69, 9.17) is 4.42 Å². The molecule has 0 aliphatic carbocycles. The smallest absolute Gasteiger partial charge is 0.417 e. The number of nitrogens with zero attached hydrogens (tertiary/aromatic N) is 1. The Morgan fingerprint density at radius 2 is 2.00 bits per heavy atom. The van der Waals surface area contributed by atoms with Crippen LogP contribution in [0.4, 0.5) is 13.2 Å². The van der Waals surface area contributed by atoms with Crippen LogP contribution in [0.5, 0.6) is 5.75 Å². The van der Waals surface area contributed by atoms with Gasteiger partial charge in [0.25, 0.3) is 0 Å². The lowest BCUT2D eigenvalue weighted by atomic mass is 10.1. The lowest BCUT2D eigenvalue weighted by molar-refractivity contribution is -0.189. The van der Waals surface area contributed by atoms with Crippen molar-refractivity contribution in [2.24, 2.45) is 0 Å². The van der Waals surface area contributed by atoms with E-state index < -0.39 is 17.9 Å². The summed E-state index contributed by atoms with van der Waals surface area (Å²) in [6, 6.07) is 3.78. The molecule has 0 saturated carbocycles. The molecule has 1 aromatic carbocycles. The Balaban J connectivity index is 2.08. The molecule has 1 fully saturated rings. The fraction of sp³-hybridized carbons (Fsp3) is 0.429. The van der Waals surface area contributed by atoms with Crippen molar-refractivity contribution < 1.29 is 27.1 Å². The minimum Gasteiger partial charge on any atom is -0.417 e. The molecular formula is C14H13F3N2O4. The molecule has 0 bridgehead atoms. The number of rotatable bonds is 2. The lowest BCUT2D eigenvalue weighted by Gasteiger charge is -2.23. The van der Waals surface area contributed by atoms with Gasteiger partial charge in [-0.15, -0.1) is 0 Å². The van der Waals surface area contributed by atoms with Crippen molar-refractivity contribution in [2.75, 3.05) is 13.1 Å². The number of halogens is 3. The molecule has 1 N–H and O–H groups in total. The normalized spacial score (nSPS) is 16.7. The van der Waals surface area contributed by atoms with Crippen LogP contribution in [0.15, 0.2) is 27.4 Å². The maximum atomic E-state index is 12.4. The highest BCUT2D eigenvalue weighted by molar-refractivity contribution is 5.86. The van der Waals surface area contributed by atoms with Crippen molar-refractivity contribution in [3.05, 3.63) is 28.7 Å². The summed E-state index contributed by atoms with van der Waals surface area (Å²) < 4.78 is 48.0. The van der Waals surface area contributed by atoms with Crippen molar-refractivity contribution in [1.82, 2.24) is 9.88 Å². The molecule has 3 rings (SSSR count). The number of para-hydroxylation sites is 1. The highest BCUT2D eigenvalue weighted by Gasteiger charge is 2.42. The van der Waals surface area contributed by atoms with Crippen LogP contribution in [0.25, 0.3) is 11.1 Å². The van der Waals surface area contributed by atoms with Crippen molar-refractivity contribution in [3.8, 4) is 5.75 Å². The number of carbonyl (C=O) groups excluding carboxylic acids is 1. The zero-order valence-electron chi connectivity index (χ0n) is 11.9. The zero-order valence-corrected chi connectivity index (χ0v) is 11.9. The van der Waals surface area contributed by atoms with E-state index >= 15 is 0 Å². The number of piperidine rings is 1. The first-order valence-corrected chi connectivity index (χ1v) is 7.01. The van der Waals surface area contributed by atoms with Crippen LogP contribution in [-0.2, 0) is 4.79 Å². The van der Waals surface area contributed by atoms with E-state index in [1.54, 1.807) is 0 Å². The number of fused-ring (bicyclic) bond motifs is 1. The Kier molecular flexibility index (Phi) is 3.88. The number of hydrogen-bond acceptors (Lipinski definition) is 5. The summed E-state index contributed by atoms with van der Waals surface area (Å²) in [5.41, 5.74) is 0.156. The molecule has 6 nitrogen and oxygen atoms in total. The molecule has 1 aliphatic heterocycles. The minimum absolute atomic E-state index is 0.0713. The van der Waals surface area contributed by atoms with Gasteiger partial charge in [0, 0.05) is 6.04 Å². The average Bonchev–Trinajstić information content (AvgIpc) is 2.84. The van der Waals surface area contributed by atoms with Gasteiger partial charge in [-0.1, -0.05) is 6.07 Å². The van der Waals surface area contributed by atoms with E-state index in [1.807, 2.05) is 0 Å². The highest BCUT2D eigenvalue weighted by Crippen LogP contribution is 2.31. The number of hydrogen-bond donors (Lipinski definition) is 1. The molecule has 1 saturated heterocycles. The van der Waals surface area contributed by atoms with Crippen LogP contribution in [0.1, 0.15) is 18.9 Å². The van der Waals surface area contributed by atoms with Crippen molar-refractivity contribution in [1.29, 1.82) is 0 Å². The zero-order chi connectivity index (χ0) is 16.6. The fourth-order valence-corrected chi connectivity index (χ4v) is 2.69. The molecule has 0 amide bonds. The Labute approximate surface area is 127 Å². The molecule has 0 unspecified atom stereocenters. The van der Waals surface area contributed by atoms with Crippen LogP contribution < -0.4 is 15.8 Å². The Morgan fingerprint density at radius 1 is 1.30 bits per heavy atom. The minimum atomic E-state index is -5.12. The third-order valence-corrected chi connectivity index (χ3v) is 3.70. The number of nitrogens with one attached hydrogen (secondary N) is 1. The molecular weight excluding hydrogens is 317 g/mol. The second kappa shape index (κ2) is 5.73. The largest absolute Gasteiger partial charge is 0.491 e. The molecule has 23 heavy (non-hydrogen) atoms. The van der Waals surface area contributed by atoms with Gasteiger partial charge in [-0.05, 0) is 38.1 Å². The van der Waals surface area contributed by atoms with Gasteiger partial charge in [-0.3, -0.25) is 4.57 Å². The lowest BCUT2D eigenvalue weighted by Crippen LogP contribution is -2.33. The van der Waals surface area contributed by atoms with Gasteiger partial charge in [0.05, 0.1) is 0 Å². The number of alkyl halides is 3. The number of ether oxygens (including phenoxy) is 1. The Morgan fingerprint density at radius 3 is 2.65 bits per heavy atom. The van der Waals surface area contributed by atoms with Crippen LogP contribution in [0, 0.1) is 0 Å². The second-order valence-corrected chi connectivity index (χ2v) is 5.21. The monoisotopic (exact) mass is 330 g/mol. The summed E-state index contributed by atoms with van der Waals surface area (Å²) in [5, 5.41) is 3.13. The number of oxazole rings is 1.